The number of aromatic nitrogens is 2. The summed E-state index contributed by atoms with van der Waals surface area (Å²) in [4.78, 5) is 11.7. The summed E-state index contributed by atoms with van der Waals surface area (Å²) in [5.41, 5.74) is 2.70. The molecule has 0 saturated carbocycles. The van der Waals surface area contributed by atoms with Gasteiger partial charge in [-0.2, -0.15) is 5.10 Å². The molecule has 3 rings (SSSR count). The Labute approximate surface area is 143 Å². The Balaban J connectivity index is 1.90. The van der Waals surface area contributed by atoms with E-state index in [4.69, 9.17) is 0 Å². The molecule has 0 aliphatic heterocycles. The summed E-state index contributed by atoms with van der Waals surface area (Å²) in [5, 5.41) is 6.24. The van der Waals surface area contributed by atoms with Crippen LogP contribution < -0.4 is 10.3 Å². The highest BCUT2D eigenvalue weighted by Crippen LogP contribution is 2.30. The zero-order valence-corrected chi connectivity index (χ0v) is 14.7. The standard InChI is InChI=1S/C16H15N3O3S2/c1-10-3-4-12(11(2)9-10)19-24(21,22)16-8-6-14(23-16)13-5-7-15(20)18-17-13/h3-9,19H,1-2H3,(H,18,20). The van der Waals surface area contributed by atoms with Crippen LogP contribution in [0.1, 0.15) is 11.1 Å². The van der Waals surface area contributed by atoms with E-state index in [1.165, 1.54) is 12.1 Å². The molecule has 24 heavy (non-hydrogen) atoms. The number of thiophene rings is 1. The van der Waals surface area contributed by atoms with Gasteiger partial charge in [0.2, 0.25) is 0 Å². The first kappa shape index (κ1) is 16.4. The monoisotopic (exact) mass is 361 g/mol. The normalized spacial score (nSPS) is 11.4. The maximum absolute atomic E-state index is 12.6. The van der Waals surface area contributed by atoms with E-state index in [1.807, 2.05) is 26.0 Å². The summed E-state index contributed by atoms with van der Waals surface area (Å²) in [6.07, 6.45) is 0. The molecular weight excluding hydrogens is 346 g/mol. The Bertz CT molecular complexity index is 1030. The number of benzene rings is 1. The van der Waals surface area contributed by atoms with Gasteiger partial charge < -0.3 is 0 Å². The summed E-state index contributed by atoms with van der Waals surface area (Å²) in [6.45, 7) is 3.81. The first-order chi connectivity index (χ1) is 11.3. The van der Waals surface area contributed by atoms with E-state index < -0.39 is 10.0 Å². The van der Waals surface area contributed by atoms with Crippen molar-refractivity contribution in [1.82, 2.24) is 10.2 Å². The molecule has 2 heterocycles. The van der Waals surface area contributed by atoms with Gasteiger partial charge in [0.1, 0.15) is 9.90 Å². The van der Waals surface area contributed by atoms with E-state index in [-0.39, 0.29) is 9.77 Å². The van der Waals surface area contributed by atoms with Crippen molar-refractivity contribution in [3.8, 4) is 10.6 Å². The van der Waals surface area contributed by atoms with Gasteiger partial charge in [0.15, 0.2) is 0 Å². The molecule has 0 saturated heterocycles. The third-order valence-corrected chi connectivity index (χ3v) is 6.37. The van der Waals surface area contributed by atoms with Crippen LogP contribution in [0.4, 0.5) is 5.69 Å². The van der Waals surface area contributed by atoms with Crippen LogP contribution in [0.15, 0.2) is 51.5 Å². The zero-order chi connectivity index (χ0) is 17.3. The van der Waals surface area contributed by atoms with Crippen molar-refractivity contribution in [2.24, 2.45) is 0 Å². The Morgan fingerprint density at radius 2 is 1.88 bits per heavy atom. The lowest BCUT2D eigenvalue weighted by molar-refractivity contribution is 0.603. The molecule has 6 nitrogen and oxygen atoms in total. The van der Waals surface area contributed by atoms with Crippen molar-refractivity contribution in [3.05, 3.63) is 63.9 Å². The lowest BCUT2D eigenvalue weighted by Crippen LogP contribution is -2.12. The highest BCUT2D eigenvalue weighted by atomic mass is 32.2. The van der Waals surface area contributed by atoms with Crippen molar-refractivity contribution in [1.29, 1.82) is 0 Å². The molecule has 0 aliphatic carbocycles. The second-order valence-electron chi connectivity index (χ2n) is 5.35. The number of nitrogens with one attached hydrogen (secondary N) is 2. The number of hydrogen-bond acceptors (Lipinski definition) is 5. The minimum absolute atomic E-state index is 0.186. The van der Waals surface area contributed by atoms with Crippen LogP contribution in [-0.4, -0.2) is 18.6 Å². The number of hydrogen-bond donors (Lipinski definition) is 2. The molecule has 3 aromatic rings. The number of H-pyrrole nitrogens is 1. The number of rotatable bonds is 4. The molecule has 0 spiro atoms. The van der Waals surface area contributed by atoms with Crippen LogP contribution in [0.2, 0.25) is 0 Å². The van der Waals surface area contributed by atoms with E-state index in [1.54, 1.807) is 18.2 Å². The summed E-state index contributed by atoms with van der Waals surface area (Å²) in [6, 6.07) is 11.6. The number of nitrogens with zero attached hydrogens (tertiary/aromatic N) is 1. The fourth-order valence-electron chi connectivity index (χ4n) is 2.21. The summed E-state index contributed by atoms with van der Waals surface area (Å²) < 4.78 is 27.9. The maximum Gasteiger partial charge on any atom is 0.271 e. The first-order valence-electron chi connectivity index (χ1n) is 7.11. The van der Waals surface area contributed by atoms with E-state index in [9.17, 15) is 13.2 Å². The second kappa shape index (κ2) is 6.21. The maximum atomic E-state index is 12.6. The Kier molecular flexibility index (Phi) is 4.25. The molecule has 0 fully saturated rings. The highest BCUT2D eigenvalue weighted by molar-refractivity contribution is 7.94. The molecule has 0 aliphatic rings. The topological polar surface area (TPSA) is 91.9 Å². The molecule has 0 unspecified atom stereocenters. The summed E-state index contributed by atoms with van der Waals surface area (Å²) in [5.74, 6) is 0. The molecule has 0 atom stereocenters. The fraction of sp³-hybridized carbons (Fsp3) is 0.125. The van der Waals surface area contributed by atoms with Gasteiger partial charge in [-0.25, -0.2) is 13.5 Å². The molecule has 0 amide bonds. The summed E-state index contributed by atoms with van der Waals surface area (Å²) >= 11 is 1.09. The molecule has 0 bridgehead atoms. The van der Waals surface area contributed by atoms with Crippen molar-refractivity contribution < 1.29 is 8.42 Å². The van der Waals surface area contributed by atoms with Gasteiger partial charge >= 0.3 is 0 Å². The largest absolute Gasteiger partial charge is 0.279 e. The van der Waals surface area contributed by atoms with Crippen molar-refractivity contribution in [2.45, 2.75) is 18.1 Å². The molecule has 2 aromatic heterocycles. The SMILES string of the molecule is Cc1ccc(NS(=O)(=O)c2ccc(-c3ccc(=O)[nH]n3)s2)c(C)c1. The molecule has 2 N–H and O–H groups in total. The molecule has 0 radical (unpaired) electrons. The van der Waals surface area contributed by atoms with Gasteiger partial charge in [-0.1, -0.05) is 17.7 Å². The van der Waals surface area contributed by atoms with E-state index in [0.29, 0.717) is 16.3 Å². The third-order valence-electron chi connectivity index (χ3n) is 3.40. The zero-order valence-electron chi connectivity index (χ0n) is 13.0. The van der Waals surface area contributed by atoms with Crippen LogP contribution in [0.25, 0.3) is 10.6 Å². The van der Waals surface area contributed by atoms with E-state index in [2.05, 4.69) is 14.9 Å². The van der Waals surface area contributed by atoms with Gasteiger partial charge in [0.05, 0.1) is 10.6 Å². The van der Waals surface area contributed by atoms with E-state index >= 15 is 0 Å². The van der Waals surface area contributed by atoms with Crippen molar-refractivity contribution >= 4 is 27.0 Å². The van der Waals surface area contributed by atoms with Crippen LogP contribution in [0, 0.1) is 13.8 Å². The Hall–Kier alpha value is -2.45. The molecular formula is C16H15N3O3S2. The van der Waals surface area contributed by atoms with E-state index in [0.717, 1.165) is 22.5 Å². The molecule has 8 heteroatoms. The molecule has 124 valence electrons. The lowest BCUT2D eigenvalue weighted by Gasteiger charge is -2.09. The average molecular weight is 361 g/mol. The number of sulfonamides is 1. The van der Waals surface area contributed by atoms with Gasteiger partial charge in [-0.15, -0.1) is 11.3 Å². The Morgan fingerprint density at radius 1 is 1.08 bits per heavy atom. The van der Waals surface area contributed by atoms with Crippen LogP contribution in [0.3, 0.4) is 0 Å². The van der Waals surface area contributed by atoms with Crippen LogP contribution >= 0.6 is 11.3 Å². The fourth-order valence-corrected chi connectivity index (χ4v) is 4.61. The highest BCUT2D eigenvalue weighted by Gasteiger charge is 2.18. The van der Waals surface area contributed by atoms with Crippen molar-refractivity contribution in [3.63, 3.8) is 0 Å². The first-order valence-corrected chi connectivity index (χ1v) is 9.41. The lowest BCUT2D eigenvalue weighted by atomic mass is 10.1. The smallest absolute Gasteiger partial charge is 0.271 e. The van der Waals surface area contributed by atoms with Gasteiger partial charge in [-0.3, -0.25) is 9.52 Å². The summed E-state index contributed by atoms with van der Waals surface area (Å²) in [7, 11) is -3.68. The number of aromatic amines is 1. The third kappa shape index (κ3) is 3.39. The van der Waals surface area contributed by atoms with Gasteiger partial charge in [0.25, 0.3) is 15.6 Å². The molecule has 1 aromatic carbocycles. The van der Waals surface area contributed by atoms with Gasteiger partial charge in [-0.05, 0) is 43.7 Å². The number of aryl methyl sites for hydroxylation is 2. The predicted molar refractivity (Wildman–Crippen MR) is 94.9 cm³/mol. The minimum atomic E-state index is -3.68. The minimum Gasteiger partial charge on any atom is -0.279 e. The number of anilines is 1. The van der Waals surface area contributed by atoms with Crippen molar-refractivity contribution in [2.75, 3.05) is 4.72 Å². The predicted octanol–water partition coefficient (Wildman–Crippen LogP) is 2.92. The quantitative estimate of drug-likeness (QED) is 0.747. The Morgan fingerprint density at radius 3 is 2.54 bits per heavy atom. The van der Waals surface area contributed by atoms with Gasteiger partial charge in [0, 0.05) is 6.07 Å². The van der Waals surface area contributed by atoms with Crippen LogP contribution in [0.5, 0.6) is 0 Å². The van der Waals surface area contributed by atoms with Crippen LogP contribution in [-0.2, 0) is 10.0 Å². The average Bonchev–Trinajstić information content (AvgIpc) is 3.02. The second-order valence-corrected chi connectivity index (χ2v) is 8.34.